The van der Waals surface area contributed by atoms with E-state index in [1.807, 2.05) is 31.2 Å². The van der Waals surface area contributed by atoms with E-state index < -0.39 is 0 Å². The van der Waals surface area contributed by atoms with Crippen molar-refractivity contribution in [2.45, 2.75) is 6.92 Å². The molecule has 0 aliphatic heterocycles. The smallest absolute Gasteiger partial charge is 0.218 e. The van der Waals surface area contributed by atoms with E-state index in [2.05, 4.69) is 32.0 Å². The van der Waals surface area contributed by atoms with Gasteiger partial charge in [0.25, 0.3) is 0 Å². The molecule has 0 saturated carbocycles. The van der Waals surface area contributed by atoms with Gasteiger partial charge in [-0.1, -0.05) is 23.8 Å². The van der Waals surface area contributed by atoms with Gasteiger partial charge in [-0.2, -0.15) is 0 Å². The molecule has 0 amide bonds. The predicted octanol–water partition coefficient (Wildman–Crippen LogP) is 3.87. The highest BCUT2D eigenvalue weighted by Crippen LogP contribution is 2.22. The standard InChI is InChI=1S/C11H8BrClN2/c1-7-3-2-4-8(5-7)9-6-10(12)15-11(13)14-9/h2-6H,1H3. The summed E-state index contributed by atoms with van der Waals surface area (Å²) in [4.78, 5) is 8.12. The highest BCUT2D eigenvalue weighted by Gasteiger charge is 2.03. The van der Waals surface area contributed by atoms with Gasteiger partial charge in [-0.15, -0.1) is 0 Å². The lowest BCUT2D eigenvalue weighted by molar-refractivity contribution is 1.14. The Bertz CT molecular complexity index is 479. The van der Waals surface area contributed by atoms with Gasteiger partial charge in [-0.25, -0.2) is 9.97 Å². The molecule has 4 heteroatoms. The van der Waals surface area contributed by atoms with E-state index in [-0.39, 0.29) is 5.28 Å². The minimum Gasteiger partial charge on any atom is -0.218 e. The average Bonchev–Trinajstić information content (AvgIpc) is 2.16. The first-order chi connectivity index (χ1) is 7.15. The Kier molecular flexibility index (Phi) is 3.03. The second kappa shape index (κ2) is 4.29. The number of rotatable bonds is 1. The van der Waals surface area contributed by atoms with Crippen molar-refractivity contribution >= 4 is 27.5 Å². The fourth-order valence-corrected chi connectivity index (χ4v) is 2.01. The van der Waals surface area contributed by atoms with Gasteiger partial charge in [0.1, 0.15) is 4.60 Å². The number of nitrogens with zero attached hydrogens (tertiary/aromatic N) is 2. The molecule has 2 nitrogen and oxygen atoms in total. The number of hydrogen-bond donors (Lipinski definition) is 0. The summed E-state index contributed by atoms with van der Waals surface area (Å²) < 4.78 is 0.694. The van der Waals surface area contributed by atoms with Crippen LogP contribution in [0.15, 0.2) is 34.9 Å². The summed E-state index contributed by atoms with van der Waals surface area (Å²) >= 11 is 9.08. The van der Waals surface area contributed by atoms with E-state index in [1.165, 1.54) is 5.56 Å². The molecule has 0 saturated heterocycles. The third-order valence-corrected chi connectivity index (χ3v) is 2.56. The second-order valence-electron chi connectivity index (χ2n) is 3.21. The molecule has 0 N–H and O–H groups in total. The maximum absolute atomic E-state index is 5.79. The molecular weight excluding hydrogens is 275 g/mol. The average molecular weight is 284 g/mol. The molecule has 1 aromatic carbocycles. The maximum atomic E-state index is 5.79. The van der Waals surface area contributed by atoms with Crippen LogP contribution in [0.3, 0.4) is 0 Å². The summed E-state index contributed by atoms with van der Waals surface area (Å²) in [5, 5.41) is 0.251. The van der Waals surface area contributed by atoms with E-state index in [4.69, 9.17) is 11.6 Å². The van der Waals surface area contributed by atoms with Crippen molar-refractivity contribution in [2.24, 2.45) is 0 Å². The van der Waals surface area contributed by atoms with Gasteiger partial charge in [0, 0.05) is 5.56 Å². The molecule has 0 radical (unpaired) electrons. The summed E-state index contributed by atoms with van der Waals surface area (Å²) in [7, 11) is 0. The van der Waals surface area contributed by atoms with Crippen LogP contribution in [0.5, 0.6) is 0 Å². The van der Waals surface area contributed by atoms with E-state index in [9.17, 15) is 0 Å². The normalized spacial score (nSPS) is 10.3. The van der Waals surface area contributed by atoms with Crippen LogP contribution in [-0.2, 0) is 0 Å². The van der Waals surface area contributed by atoms with Crippen molar-refractivity contribution in [2.75, 3.05) is 0 Å². The van der Waals surface area contributed by atoms with Crippen LogP contribution >= 0.6 is 27.5 Å². The van der Waals surface area contributed by atoms with Crippen molar-refractivity contribution in [1.82, 2.24) is 9.97 Å². The van der Waals surface area contributed by atoms with Crippen LogP contribution in [0.25, 0.3) is 11.3 Å². The molecule has 76 valence electrons. The van der Waals surface area contributed by atoms with Crippen molar-refractivity contribution < 1.29 is 0 Å². The highest BCUT2D eigenvalue weighted by atomic mass is 79.9. The van der Waals surface area contributed by atoms with Crippen LogP contribution in [0.4, 0.5) is 0 Å². The molecule has 0 atom stereocenters. The Labute approximate surface area is 101 Å². The Hall–Kier alpha value is -0.930. The van der Waals surface area contributed by atoms with Gasteiger partial charge in [-0.3, -0.25) is 0 Å². The Balaban J connectivity index is 2.54. The van der Waals surface area contributed by atoms with Crippen LogP contribution in [0.1, 0.15) is 5.56 Å². The van der Waals surface area contributed by atoms with E-state index in [0.29, 0.717) is 4.60 Å². The van der Waals surface area contributed by atoms with Crippen molar-refractivity contribution in [3.05, 3.63) is 45.8 Å². The van der Waals surface area contributed by atoms with Crippen molar-refractivity contribution in [3.63, 3.8) is 0 Å². The zero-order chi connectivity index (χ0) is 10.8. The molecule has 2 rings (SSSR count). The lowest BCUT2D eigenvalue weighted by Crippen LogP contribution is -1.88. The molecule has 0 aliphatic rings. The molecule has 0 fully saturated rings. The van der Waals surface area contributed by atoms with Crippen molar-refractivity contribution in [1.29, 1.82) is 0 Å². The zero-order valence-corrected chi connectivity index (χ0v) is 10.4. The van der Waals surface area contributed by atoms with Gasteiger partial charge in [-0.05, 0) is 46.6 Å². The van der Waals surface area contributed by atoms with E-state index in [1.54, 1.807) is 0 Å². The number of aryl methyl sites for hydroxylation is 1. The topological polar surface area (TPSA) is 25.8 Å². The summed E-state index contributed by atoms with van der Waals surface area (Å²) in [5.41, 5.74) is 3.06. The zero-order valence-electron chi connectivity index (χ0n) is 8.04. The third-order valence-electron chi connectivity index (χ3n) is 1.98. The minimum atomic E-state index is 0.251. The predicted molar refractivity (Wildman–Crippen MR) is 64.9 cm³/mol. The van der Waals surface area contributed by atoms with E-state index in [0.717, 1.165) is 11.3 Å². The molecule has 15 heavy (non-hydrogen) atoms. The second-order valence-corrected chi connectivity index (χ2v) is 4.36. The molecule has 0 spiro atoms. The third kappa shape index (κ3) is 2.55. The first-order valence-electron chi connectivity index (χ1n) is 4.42. The maximum Gasteiger partial charge on any atom is 0.223 e. The number of hydrogen-bond acceptors (Lipinski definition) is 2. The Morgan fingerprint density at radius 2 is 2.00 bits per heavy atom. The summed E-state index contributed by atoms with van der Waals surface area (Å²) in [6, 6.07) is 9.94. The largest absolute Gasteiger partial charge is 0.223 e. The fraction of sp³-hybridized carbons (Fsp3) is 0.0909. The van der Waals surface area contributed by atoms with Gasteiger partial charge in [0.15, 0.2) is 0 Å². The number of aromatic nitrogens is 2. The SMILES string of the molecule is Cc1cccc(-c2cc(Br)nc(Cl)n2)c1. The van der Waals surface area contributed by atoms with E-state index >= 15 is 0 Å². The fourth-order valence-electron chi connectivity index (χ4n) is 1.34. The van der Waals surface area contributed by atoms with Crippen molar-refractivity contribution in [3.8, 4) is 11.3 Å². The number of halogens is 2. The van der Waals surface area contributed by atoms with Gasteiger partial charge in [0.05, 0.1) is 5.69 Å². The molecule has 1 heterocycles. The molecule has 0 aliphatic carbocycles. The van der Waals surface area contributed by atoms with Crippen LogP contribution in [0.2, 0.25) is 5.28 Å². The summed E-state index contributed by atoms with van der Waals surface area (Å²) in [5.74, 6) is 0. The van der Waals surface area contributed by atoms with Gasteiger partial charge >= 0.3 is 0 Å². The molecular formula is C11H8BrClN2. The quantitative estimate of drug-likeness (QED) is 0.586. The molecule has 0 unspecified atom stereocenters. The Morgan fingerprint density at radius 1 is 1.20 bits per heavy atom. The van der Waals surface area contributed by atoms with Crippen LogP contribution < -0.4 is 0 Å². The molecule has 1 aromatic heterocycles. The summed E-state index contributed by atoms with van der Waals surface area (Å²) in [6.07, 6.45) is 0. The van der Waals surface area contributed by atoms with Gasteiger partial charge in [0.2, 0.25) is 5.28 Å². The lowest BCUT2D eigenvalue weighted by atomic mass is 10.1. The first-order valence-corrected chi connectivity index (χ1v) is 5.59. The number of benzene rings is 1. The lowest BCUT2D eigenvalue weighted by Gasteiger charge is -2.02. The minimum absolute atomic E-state index is 0.251. The Morgan fingerprint density at radius 3 is 2.67 bits per heavy atom. The summed E-state index contributed by atoms with van der Waals surface area (Å²) in [6.45, 7) is 2.04. The van der Waals surface area contributed by atoms with Crippen LogP contribution in [-0.4, -0.2) is 9.97 Å². The van der Waals surface area contributed by atoms with Crippen LogP contribution in [0, 0.1) is 6.92 Å². The first kappa shape index (κ1) is 10.6. The molecule has 0 bridgehead atoms. The molecule has 2 aromatic rings. The highest BCUT2D eigenvalue weighted by molar-refractivity contribution is 9.10. The van der Waals surface area contributed by atoms with Gasteiger partial charge < -0.3 is 0 Å². The monoisotopic (exact) mass is 282 g/mol.